The third-order valence-corrected chi connectivity index (χ3v) is 8.10. The Labute approximate surface area is 258 Å². The van der Waals surface area contributed by atoms with E-state index in [1.807, 2.05) is 60.7 Å². The zero-order valence-electron chi connectivity index (χ0n) is 24.3. The van der Waals surface area contributed by atoms with Gasteiger partial charge >= 0.3 is 0 Å². The first-order valence-electron chi connectivity index (χ1n) is 13.9. The van der Waals surface area contributed by atoms with Crippen LogP contribution in [0.2, 0.25) is 5.02 Å². The largest absolute Gasteiger partial charge is 0.351 e. The molecule has 4 aromatic rings. The van der Waals surface area contributed by atoms with Gasteiger partial charge in [-0.05, 0) is 76.1 Å². The number of halogens is 1. The van der Waals surface area contributed by atoms with Gasteiger partial charge in [-0.1, -0.05) is 93.0 Å². The quantitative estimate of drug-likeness (QED) is 0.168. The van der Waals surface area contributed by atoms with Crippen LogP contribution in [0.15, 0.2) is 97.1 Å². The van der Waals surface area contributed by atoms with Crippen molar-refractivity contribution >= 4 is 39.2 Å². The van der Waals surface area contributed by atoms with E-state index in [-0.39, 0.29) is 17.9 Å². The first-order valence-corrected chi connectivity index (χ1v) is 15.9. The number of amides is 2. The zero-order valence-corrected chi connectivity index (χ0v) is 25.9. The molecule has 4 rings (SSSR count). The second-order valence-electron chi connectivity index (χ2n) is 11.4. The van der Waals surface area contributed by atoms with Crippen LogP contribution >= 0.6 is 11.6 Å². The minimum atomic E-state index is -4.16. The van der Waals surface area contributed by atoms with E-state index in [4.69, 9.17) is 16.2 Å². The lowest BCUT2D eigenvalue weighted by molar-refractivity contribution is -0.117. The highest BCUT2D eigenvalue weighted by molar-refractivity contribution is 7.85. The Morgan fingerprint density at radius 3 is 1.91 bits per heavy atom. The van der Waals surface area contributed by atoms with Crippen molar-refractivity contribution in [1.29, 1.82) is 0 Å². The summed E-state index contributed by atoms with van der Waals surface area (Å²) < 4.78 is 30.7. The molecule has 0 aromatic heterocycles. The fraction of sp³-hybridized carbons (Fsp3) is 0.235. The maximum atomic E-state index is 13.7. The van der Waals surface area contributed by atoms with E-state index in [1.165, 1.54) is 0 Å². The number of hydrogen-bond acceptors (Lipinski definition) is 4. The summed E-state index contributed by atoms with van der Waals surface area (Å²) in [5, 5.41) is 6.21. The van der Waals surface area contributed by atoms with Crippen molar-refractivity contribution in [1.82, 2.24) is 5.32 Å². The summed E-state index contributed by atoms with van der Waals surface area (Å²) in [5.41, 5.74) is 5.91. The molecule has 0 saturated heterocycles. The van der Waals surface area contributed by atoms with Gasteiger partial charge in [-0.2, -0.15) is 8.42 Å². The van der Waals surface area contributed by atoms with Crippen LogP contribution in [0.1, 0.15) is 53.7 Å². The second kappa shape index (κ2) is 13.5. The molecule has 0 aliphatic rings. The normalized spacial score (nSPS) is 12.4. The summed E-state index contributed by atoms with van der Waals surface area (Å²) in [4.78, 5) is 26.1. The maximum Gasteiger partial charge on any atom is 0.266 e. The lowest BCUT2D eigenvalue weighted by atomic mass is 9.84. The van der Waals surface area contributed by atoms with Crippen molar-refractivity contribution in [3.63, 3.8) is 0 Å². The van der Waals surface area contributed by atoms with Crippen LogP contribution in [0.4, 0.5) is 5.69 Å². The Morgan fingerprint density at radius 2 is 1.37 bits per heavy atom. The van der Waals surface area contributed by atoms with Crippen LogP contribution in [0.5, 0.6) is 0 Å². The first kappa shape index (κ1) is 31.9. The highest BCUT2D eigenvalue weighted by Gasteiger charge is 2.23. The molecule has 2 amide bonds. The molecule has 0 aliphatic heterocycles. The molecule has 0 saturated carbocycles. The average molecular weight is 619 g/mol. The standard InChI is InChI=1S/C34H35ClN2O5S/c1-34(2,3)28-14-8-26(9-15-28)31(22-23-4-6-27(7-5-23)32(38)36-20-21-43(40,41)42)33(39)37-30-18-12-25(13-19-30)24-10-16-29(35)17-11-24/h4-19,31H,20-22H2,1-3H3,(H,36,38)(H,37,39)(H,40,41,42). The lowest BCUT2D eigenvalue weighted by Crippen LogP contribution is -2.28. The molecule has 0 fully saturated rings. The molecule has 0 aliphatic carbocycles. The number of carbonyl (C=O) groups is 2. The SMILES string of the molecule is CC(C)(C)c1ccc(C(Cc2ccc(C(=O)NCCS(=O)(=O)O)cc2)C(=O)Nc2ccc(-c3ccc(Cl)cc3)cc2)cc1. The van der Waals surface area contributed by atoms with Crippen molar-refractivity contribution in [3.8, 4) is 11.1 Å². The average Bonchev–Trinajstić information content (AvgIpc) is 2.96. The van der Waals surface area contributed by atoms with Gasteiger partial charge < -0.3 is 10.6 Å². The van der Waals surface area contributed by atoms with Gasteiger partial charge in [0.25, 0.3) is 16.0 Å². The predicted molar refractivity (Wildman–Crippen MR) is 172 cm³/mol. The summed E-state index contributed by atoms with van der Waals surface area (Å²) in [6.07, 6.45) is 0.397. The minimum Gasteiger partial charge on any atom is -0.351 e. The van der Waals surface area contributed by atoms with Crippen molar-refractivity contribution in [2.75, 3.05) is 17.6 Å². The summed E-state index contributed by atoms with van der Waals surface area (Å²) in [7, 11) is -4.16. The van der Waals surface area contributed by atoms with E-state index < -0.39 is 27.7 Å². The maximum absolute atomic E-state index is 13.7. The van der Waals surface area contributed by atoms with Crippen molar-refractivity contribution in [3.05, 3.63) is 124 Å². The highest BCUT2D eigenvalue weighted by Crippen LogP contribution is 2.29. The van der Waals surface area contributed by atoms with Gasteiger partial charge in [-0.3, -0.25) is 14.1 Å². The summed E-state index contributed by atoms with van der Waals surface area (Å²) in [5.74, 6) is -1.68. The Kier molecular flexibility index (Phi) is 10.1. The van der Waals surface area contributed by atoms with E-state index in [2.05, 4.69) is 43.5 Å². The van der Waals surface area contributed by atoms with Gasteiger partial charge in [-0.15, -0.1) is 0 Å². The number of anilines is 1. The summed E-state index contributed by atoms with van der Waals surface area (Å²) in [6.45, 7) is 6.22. The number of benzene rings is 4. The van der Waals surface area contributed by atoms with Crippen molar-refractivity contribution in [2.45, 2.75) is 38.5 Å². The Balaban J connectivity index is 1.52. The monoisotopic (exact) mass is 618 g/mol. The first-order chi connectivity index (χ1) is 20.3. The van der Waals surface area contributed by atoms with Crippen LogP contribution in [0, 0.1) is 0 Å². The molecular formula is C34H35ClN2O5S. The van der Waals surface area contributed by atoms with Gasteiger partial charge in [0.05, 0.1) is 11.7 Å². The minimum absolute atomic E-state index is 0.0279. The molecule has 7 nitrogen and oxygen atoms in total. The van der Waals surface area contributed by atoms with Crippen molar-refractivity contribution in [2.24, 2.45) is 0 Å². The molecule has 0 radical (unpaired) electrons. The van der Waals surface area contributed by atoms with Gasteiger partial charge in [-0.25, -0.2) is 0 Å². The Hall–Kier alpha value is -3.98. The van der Waals surface area contributed by atoms with Crippen LogP contribution < -0.4 is 10.6 Å². The van der Waals surface area contributed by atoms with E-state index in [9.17, 15) is 18.0 Å². The number of hydrogen-bond donors (Lipinski definition) is 3. The van der Waals surface area contributed by atoms with Gasteiger partial charge in [0.15, 0.2) is 0 Å². The third-order valence-electron chi connectivity index (χ3n) is 7.13. The van der Waals surface area contributed by atoms with Crippen LogP contribution in [0.25, 0.3) is 11.1 Å². The smallest absolute Gasteiger partial charge is 0.266 e. The van der Waals surface area contributed by atoms with E-state index in [1.54, 1.807) is 24.3 Å². The van der Waals surface area contributed by atoms with E-state index in [0.29, 0.717) is 22.7 Å². The molecular weight excluding hydrogens is 584 g/mol. The van der Waals surface area contributed by atoms with Gasteiger partial charge in [0.2, 0.25) is 5.91 Å². The fourth-order valence-corrected chi connectivity index (χ4v) is 5.10. The topological polar surface area (TPSA) is 113 Å². The molecule has 0 spiro atoms. The van der Waals surface area contributed by atoms with E-state index in [0.717, 1.165) is 27.8 Å². The molecule has 0 heterocycles. The molecule has 9 heteroatoms. The lowest BCUT2D eigenvalue weighted by Gasteiger charge is -2.22. The molecule has 0 bridgehead atoms. The predicted octanol–water partition coefficient (Wildman–Crippen LogP) is 6.89. The molecule has 1 atom stereocenters. The number of nitrogens with one attached hydrogen (secondary N) is 2. The summed E-state index contributed by atoms with van der Waals surface area (Å²) in [6, 6.07) is 30.1. The Morgan fingerprint density at radius 1 is 0.814 bits per heavy atom. The molecule has 3 N–H and O–H groups in total. The van der Waals surface area contributed by atoms with Gasteiger partial charge in [0.1, 0.15) is 0 Å². The zero-order chi connectivity index (χ0) is 31.2. The Bertz CT molecular complexity index is 1660. The third kappa shape index (κ3) is 9.25. The van der Waals surface area contributed by atoms with Gasteiger partial charge in [0, 0.05) is 22.8 Å². The molecule has 224 valence electrons. The van der Waals surface area contributed by atoms with Crippen LogP contribution in [-0.2, 0) is 26.7 Å². The number of carbonyl (C=O) groups excluding carboxylic acids is 2. The highest BCUT2D eigenvalue weighted by atomic mass is 35.5. The molecule has 1 unspecified atom stereocenters. The molecule has 4 aromatic carbocycles. The summed E-state index contributed by atoms with van der Waals surface area (Å²) >= 11 is 6.01. The molecule has 43 heavy (non-hydrogen) atoms. The van der Waals surface area contributed by atoms with Crippen LogP contribution in [-0.4, -0.2) is 37.1 Å². The van der Waals surface area contributed by atoms with E-state index >= 15 is 0 Å². The van der Waals surface area contributed by atoms with Crippen molar-refractivity contribution < 1.29 is 22.6 Å². The number of rotatable bonds is 10. The second-order valence-corrected chi connectivity index (χ2v) is 13.4. The fourth-order valence-electron chi connectivity index (χ4n) is 4.62. The van der Waals surface area contributed by atoms with Crippen LogP contribution in [0.3, 0.4) is 0 Å².